The molecule has 2 N–H and O–H groups in total. The monoisotopic (exact) mass is 220 g/mol. The molecule has 1 aromatic carbocycles. The quantitative estimate of drug-likeness (QED) is 0.591. The van der Waals surface area contributed by atoms with Gasteiger partial charge in [0.1, 0.15) is 0 Å². The van der Waals surface area contributed by atoms with E-state index in [4.69, 9.17) is 0 Å². The summed E-state index contributed by atoms with van der Waals surface area (Å²) in [7, 11) is 0. The maximum Gasteiger partial charge on any atom is 0.345 e. The van der Waals surface area contributed by atoms with Crippen LogP contribution in [0.1, 0.15) is 29.3 Å². The lowest BCUT2D eigenvalue weighted by molar-refractivity contribution is -0.0469. The van der Waals surface area contributed by atoms with Crippen LogP contribution in [0, 0.1) is 0 Å². The Hall–Kier alpha value is -1.88. The molecule has 0 aromatic heterocycles. The first-order valence-corrected chi connectivity index (χ1v) is 5.05. The molecule has 0 atom stereocenters. The molecule has 1 aliphatic rings. The van der Waals surface area contributed by atoms with Gasteiger partial charge in [-0.1, -0.05) is 6.92 Å². The van der Waals surface area contributed by atoms with Crippen molar-refractivity contribution in [3.05, 3.63) is 29.3 Å². The highest BCUT2D eigenvalue weighted by molar-refractivity contribution is 5.98. The van der Waals surface area contributed by atoms with E-state index in [1.807, 2.05) is 0 Å². The van der Waals surface area contributed by atoms with Crippen LogP contribution in [0.4, 0.5) is 10.5 Å². The van der Waals surface area contributed by atoms with Gasteiger partial charge in [-0.25, -0.2) is 9.86 Å². The molecule has 1 aromatic rings. The number of hydrogen-bond donors (Lipinski definition) is 2. The number of ketones is 1. The van der Waals surface area contributed by atoms with Crippen molar-refractivity contribution >= 4 is 17.5 Å². The molecule has 0 saturated heterocycles. The predicted molar refractivity (Wildman–Crippen MR) is 57.4 cm³/mol. The van der Waals surface area contributed by atoms with Crippen molar-refractivity contribution < 1.29 is 14.8 Å². The van der Waals surface area contributed by atoms with Crippen molar-refractivity contribution in [1.29, 1.82) is 0 Å². The lowest BCUT2D eigenvalue weighted by Gasteiger charge is -2.24. The molecule has 0 fully saturated rings. The molecule has 5 nitrogen and oxygen atoms in total. The topological polar surface area (TPSA) is 69.6 Å². The van der Waals surface area contributed by atoms with E-state index in [9.17, 15) is 14.8 Å². The number of carbonyl (C=O) groups is 2. The van der Waals surface area contributed by atoms with E-state index in [0.717, 1.165) is 5.56 Å². The zero-order chi connectivity index (χ0) is 11.7. The first-order valence-electron chi connectivity index (χ1n) is 5.05. The molecule has 16 heavy (non-hydrogen) atoms. The van der Waals surface area contributed by atoms with Crippen molar-refractivity contribution in [2.24, 2.45) is 0 Å². The molecule has 0 spiro atoms. The van der Waals surface area contributed by atoms with Crippen LogP contribution < -0.4 is 5.32 Å². The number of nitrogens with one attached hydrogen (secondary N) is 1. The Bertz CT molecular complexity index is 457. The first kappa shape index (κ1) is 10.6. The Labute approximate surface area is 92.6 Å². The van der Waals surface area contributed by atoms with Crippen LogP contribution >= 0.6 is 0 Å². The SMILES string of the molecule is CCC(=O)c1ccc2c(c1)CN(O)C(=O)N2. The summed E-state index contributed by atoms with van der Waals surface area (Å²) >= 11 is 0. The van der Waals surface area contributed by atoms with Gasteiger partial charge in [0, 0.05) is 17.7 Å². The van der Waals surface area contributed by atoms with E-state index in [-0.39, 0.29) is 12.3 Å². The Morgan fingerprint density at radius 2 is 2.31 bits per heavy atom. The summed E-state index contributed by atoms with van der Waals surface area (Å²) in [6.45, 7) is 1.90. The maximum atomic E-state index is 11.5. The average molecular weight is 220 g/mol. The molecule has 0 radical (unpaired) electrons. The highest BCUT2D eigenvalue weighted by Gasteiger charge is 2.21. The average Bonchev–Trinajstić information content (AvgIpc) is 2.29. The summed E-state index contributed by atoms with van der Waals surface area (Å²) in [4.78, 5) is 22.6. The number of hydroxylamine groups is 2. The van der Waals surface area contributed by atoms with Crippen LogP contribution in [0.15, 0.2) is 18.2 Å². The molecule has 84 valence electrons. The zero-order valence-corrected chi connectivity index (χ0v) is 8.86. The highest BCUT2D eigenvalue weighted by Crippen LogP contribution is 2.23. The van der Waals surface area contributed by atoms with Gasteiger partial charge in [0.05, 0.1) is 6.54 Å². The van der Waals surface area contributed by atoms with Gasteiger partial charge in [-0.3, -0.25) is 10.0 Å². The molecule has 5 heteroatoms. The van der Waals surface area contributed by atoms with E-state index >= 15 is 0 Å². The van der Waals surface area contributed by atoms with Crippen LogP contribution in [0.5, 0.6) is 0 Å². The van der Waals surface area contributed by atoms with Crippen molar-refractivity contribution in [2.75, 3.05) is 5.32 Å². The van der Waals surface area contributed by atoms with Crippen LogP contribution in [-0.4, -0.2) is 22.1 Å². The summed E-state index contributed by atoms with van der Waals surface area (Å²) in [6.07, 6.45) is 0.438. The molecule has 0 bridgehead atoms. The number of rotatable bonds is 2. The normalized spacial score (nSPS) is 14.4. The molecular formula is C11H12N2O3. The van der Waals surface area contributed by atoms with E-state index in [0.29, 0.717) is 22.7 Å². The first-order chi connectivity index (χ1) is 7.61. The van der Waals surface area contributed by atoms with Crippen molar-refractivity contribution in [2.45, 2.75) is 19.9 Å². The molecule has 0 unspecified atom stereocenters. The van der Waals surface area contributed by atoms with Crippen molar-refractivity contribution in [3.63, 3.8) is 0 Å². The van der Waals surface area contributed by atoms with E-state index in [1.165, 1.54) is 0 Å². The molecule has 0 saturated carbocycles. The van der Waals surface area contributed by atoms with Crippen molar-refractivity contribution in [3.8, 4) is 0 Å². The van der Waals surface area contributed by atoms with E-state index in [2.05, 4.69) is 5.32 Å². The van der Waals surface area contributed by atoms with Crippen molar-refractivity contribution in [1.82, 2.24) is 5.06 Å². The third kappa shape index (κ3) is 1.77. The van der Waals surface area contributed by atoms with Gasteiger partial charge in [0.15, 0.2) is 5.78 Å². The third-order valence-electron chi connectivity index (χ3n) is 2.54. The fourth-order valence-corrected chi connectivity index (χ4v) is 1.64. The van der Waals surface area contributed by atoms with Crippen LogP contribution in [0.2, 0.25) is 0 Å². The van der Waals surface area contributed by atoms with Crippen LogP contribution in [-0.2, 0) is 6.54 Å². The Morgan fingerprint density at radius 3 is 3.00 bits per heavy atom. The third-order valence-corrected chi connectivity index (χ3v) is 2.54. The summed E-state index contributed by atoms with van der Waals surface area (Å²) in [6, 6.07) is 4.51. The van der Waals surface area contributed by atoms with Gasteiger partial charge in [0.25, 0.3) is 0 Å². The second-order valence-electron chi connectivity index (χ2n) is 3.64. The smallest absolute Gasteiger partial charge is 0.306 e. The minimum absolute atomic E-state index is 0.0455. The fourth-order valence-electron chi connectivity index (χ4n) is 1.64. The molecular weight excluding hydrogens is 208 g/mol. The Balaban J connectivity index is 2.36. The fraction of sp³-hybridized carbons (Fsp3) is 0.273. The van der Waals surface area contributed by atoms with Gasteiger partial charge in [0.2, 0.25) is 0 Å². The number of hydrogen-bond acceptors (Lipinski definition) is 3. The summed E-state index contributed by atoms with van der Waals surface area (Å²) in [5.74, 6) is 0.0455. The van der Waals surface area contributed by atoms with Gasteiger partial charge in [-0.2, -0.15) is 0 Å². The number of fused-ring (bicyclic) bond motifs is 1. The van der Waals surface area contributed by atoms with Gasteiger partial charge in [-0.05, 0) is 23.8 Å². The lowest BCUT2D eigenvalue weighted by atomic mass is 10.0. The van der Waals surface area contributed by atoms with E-state index in [1.54, 1.807) is 25.1 Å². The Kier molecular flexibility index (Phi) is 2.62. The largest absolute Gasteiger partial charge is 0.345 e. The van der Waals surface area contributed by atoms with Crippen LogP contribution in [0.25, 0.3) is 0 Å². The zero-order valence-electron chi connectivity index (χ0n) is 8.86. The number of urea groups is 1. The molecule has 2 rings (SSSR count). The standard InChI is InChI=1S/C11H12N2O3/c1-2-10(14)7-3-4-9-8(5-7)6-13(16)11(15)12-9/h3-5,16H,2,6H2,1H3,(H,12,15). The van der Waals surface area contributed by atoms with Gasteiger partial charge < -0.3 is 5.32 Å². The number of nitrogens with zero attached hydrogens (tertiary/aromatic N) is 1. The number of carbonyl (C=O) groups excluding carboxylic acids is 2. The highest BCUT2D eigenvalue weighted by atomic mass is 16.5. The molecule has 1 heterocycles. The second-order valence-corrected chi connectivity index (χ2v) is 3.64. The number of Topliss-reactive ketones (excluding diaryl/α,β-unsaturated/α-hetero) is 1. The number of anilines is 1. The Morgan fingerprint density at radius 1 is 1.56 bits per heavy atom. The van der Waals surface area contributed by atoms with Gasteiger partial charge >= 0.3 is 6.03 Å². The molecule has 2 amide bonds. The maximum absolute atomic E-state index is 11.5. The summed E-state index contributed by atoms with van der Waals surface area (Å²) in [5, 5.41) is 12.4. The van der Waals surface area contributed by atoms with Gasteiger partial charge in [-0.15, -0.1) is 0 Å². The lowest BCUT2D eigenvalue weighted by Crippen LogP contribution is -2.36. The van der Waals surface area contributed by atoms with E-state index < -0.39 is 6.03 Å². The second kappa shape index (κ2) is 3.94. The molecule has 0 aliphatic carbocycles. The molecule has 1 aliphatic heterocycles. The summed E-state index contributed by atoms with van der Waals surface area (Å²) in [5.41, 5.74) is 1.98. The predicted octanol–water partition coefficient (Wildman–Crippen LogP) is 2.02. The summed E-state index contributed by atoms with van der Waals surface area (Å²) < 4.78 is 0. The number of amides is 2. The number of benzene rings is 1. The minimum Gasteiger partial charge on any atom is -0.306 e. The van der Waals surface area contributed by atoms with Crippen LogP contribution in [0.3, 0.4) is 0 Å². The minimum atomic E-state index is -0.554.